The van der Waals surface area contributed by atoms with Crippen molar-refractivity contribution in [3.05, 3.63) is 0 Å². The normalized spacial score (nSPS) is 23.0. The van der Waals surface area contributed by atoms with Gasteiger partial charge in [0.2, 0.25) is 0 Å². The summed E-state index contributed by atoms with van der Waals surface area (Å²) in [6, 6.07) is 0.0234. The second-order valence-electron chi connectivity index (χ2n) is 4.52. The van der Waals surface area contributed by atoms with Crippen molar-refractivity contribution in [1.29, 1.82) is 0 Å². The molecule has 15 heavy (non-hydrogen) atoms. The first-order chi connectivity index (χ1) is 6.92. The molecule has 4 heteroatoms. The number of carbonyl (C=O) groups excluding carboxylic acids is 1. The van der Waals surface area contributed by atoms with Crippen molar-refractivity contribution in [3.63, 3.8) is 0 Å². The van der Waals surface area contributed by atoms with Crippen LogP contribution >= 0.6 is 0 Å². The molecule has 1 saturated heterocycles. The third kappa shape index (κ3) is 1.98. The molecule has 1 aliphatic heterocycles. The smallest absolute Gasteiger partial charge is 0.315 e. The van der Waals surface area contributed by atoms with Gasteiger partial charge >= 0.3 is 6.03 Å². The number of aliphatic imine (C=N–C) groups is 1. The maximum absolute atomic E-state index is 11.7. The molecule has 1 aliphatic rings. The maximum Gasteiger partial charge on any atom is 0.325 e. The fourth-order valence-corrected chi connectivity index (χ4v) is 1.76. The van der Waals surface area contributed by atoms with Gasteiger partial charge in [-0.2, -0.15) is 0 Å². The first-order valence-corrected chi connectivity index (χ1v) is 5.49. The minimum atomic E-state index is -0.278. The van der Waals surface area contributed by atoms with Crippen molar-refractivity contribution >= 4 is 11.9 Å². The fourth-order valence-electron chi connectivity index (χ4n) is 1.76. The molecular formula is C11H21N3O. The van der Waals surface area contributed by atoms with E-state index in [1.54, 1.807) is 16.8 Å². The highest BCUT2D eigenvalue weighted by atomic mass is 16.2. The van der Waals surface area contributed by atoms with Crippen LogP contribution < -0.4 is 0 Å². The molecule has 0 spiro atoms. The van der Waals surface area contributed by atoms with Crippen LogP contribution in [0.3, 0.4) is 0 Å². The van der Waals surface area contributed by atoms with Crippen molar-refractivity contribution in [2.75, 3.05) is 20.6 Å². The zero-order valence-corrected chi connectivity index (χ0v) is 10.4. The van der Waals surface area contributed by atoms with Gasteiger partial charge in [-0.15, -0.1) is 0 Å². The first-order valence-electron chi connectivity index (χ1n) is 5.49. The summed E-state index contributed by atoms with van der Waals surface area (Å²) in [7, 11) is 3.61. The molecule has 0 radical (unpaired) electrons. The standard InChI is InChI=1S/C11H21N3O/c1-6-7-8-12-9-11(2,3)14(5)10(15)13(9)4/h6-8H2,1-5H3. The Morgan fingerprint density at radius 3 is 2.33 bits per heavy atom. The van der Waals surface area contributed by atoms with Gasteiger partial charge in [-0.1, -0.05) is 13.3 Å². The number of unbranched alkanes of at least 4 members (excludes halogenated alkanes) is 1. The Morgan fingerprint density at radius 2 is 1.93 bits per heavy atom. The third-order valence-corrected chi connectivity index (χ3v) is 3.05. The molecular weight excluding hydrogens is 190 g/mol. The lowest BCUT2D eigenvalue weighted by Gasteiger charge is -2.25. The number of urea groups is 1. The van der Waals surface area contributed by atoms with Crippen LogP contribution in [0.25, 0.3) is 0 Å². The minimum Gasteiger partial charge on any atom is -0.315 e. The number of likely N-dealkylation sites (N-methyl/N-ethyl adjacent to an activating group) is 2. The van der Waals surface area contributed by atoms with Gasteiger partial charge < -0.3 is 4.90 Å². The van der Waals surface area contributed by atoms with Crippen LogP contribution in [-0.2, 0) is 0 Å². The van der Waals surface area contributed by atoms with Gasteiger partial charge in [0.1, 0.15) is 5.84 Å². The van der Waals surface area contributed by atoms with Gasteiger partial charge in [0.05, 0.1) is 5.54 Å². The van der Waals surface area contributed by atoms with Crippen LogP contribution in [0.4, 0.5) is 4.79 Å². The van der Waals surface area contributed by atoms with Crippen molar-refractivity contribution < 1.29 is 4.79 Å². The number of nitrogens with zero attached hydrogens (tertiary/aromatic N) is 3. The van der Waals surface area contributed by atoms with E-state index in [9.17, 15) is 4.79 Å². The number of carbonyl (C=O) groups is 1. The summed E-state index contributed by atoms with van der Waals surface area (Å²) in [6.07, 6.45) is 2.20. The molecule has 0 bridgehead atoms. The summed E-state index contributed by atoms with van der Waals surface area (Å²) in [5.74, 6) is 0.878. The Kier molecular flexibility index (Phi) is 3.37. The van der Waals surface area contributed by atoms with Crippen LogP contribution in [-0.4, -0.2) is 47.8 Å². The molecule has 1 fully saturated rings. The quantitative estimate of drug-likeness (QED) is 0.657. The summed E-state index contributed by atoms with van der Waals surface area (Å²) >= 11 is 0. The van der Waals surface area contributed by atoms with E-state index < -0.39 is 0 Å². The van der Waals surface area contributed by atoms with Gasteiger partial charge in [0.15, 0.2) is 0 Å². The second-order valence-corrected chi connectivity index (χ2v) is 4.52. The molecule has 0 unspecified atom stereocenters. The van der Waals surface area contributed by atoms with E-state index in [2.05, 4.69) is 11.9 Å². The fraction of sp³-hybridized carbons (Fsp3) is 0.818. The van der Waals surface area contributed by atoms with Crippen LogP contribution in [0.1, 0.15) is 33.6 Å². The van der Waals surface area contributed by atoms with Crippen molar-refractivity contribution in [2.24, 2.45) is 4.99 Å². The summed E-state index contributed by atoms with van der Waals surface area (Å²) in [5, 5.41) is 0. The lowest BCUT2D eigenvalue weighted by molar-refractivity contribution is 0.191. The van der Waals surface area contributed by atoms with Gasteiger partial charge in [-0.25, -0.2) is 4.79 Å². The van der Waals surface area contributed by atoms with E-state index in [1.807, 2.05) is 20.9 Å². The Hall–Kier alpha value is -1.06. The highest BCUT2D eigenvalue weighted by Gasteiger charge is 2.45. The molecule has 0 aromatic carbocycles. The zero-order chi connectivity index (χ0) is 11.6. The average Bonchev–Trinajstić information content (AvgIpc) is 2.32. The Balaban J connectivity index is 2.87. The number of amides is 2. The SMILES string of the molecule is CCCCN=C1N(C)C(=O)N(C)C1(C)C. The van der Waals surface area contributed by atoms with Crippen LogP contribution in [0.5, 0.6) is 0 Å². The zero-order valence-electron chi connectivity index (χ0n) is 10.4. The Morgan fingerprint density at radius 1 is 1.33 bits per heavy atom. The van der Waals surface area contributed by atoms with Crippen molar-refractivity contribution in [1.82, 2.24) is 9.80 Å². The molecule has 0 atom stereocenters. The topological polar surface area (TPSA) is 35.9 Å². The molecule has 0 saturated carbocycles. The molecule has 1 heterocycles. The lowest BCUT2D eigenvalue weighted by atomic mass is 10.0. The summed E-state index contributed by atoms with van der Waals surface area (Å²) < 4.78 is 0. The highest BCUT2D eigenvalue weighted by molar-refractivity contribution is 6.09. The third-order valence-electron chi connectivity index (χ3n) is 3.05. The second kappa shape index (κ2) is 4.21. The van der Waals surface area contributed by atoms with Crippen LogP contribution in [0, 0.1) is 0 Å². The molecule has 4 nitrogen and oxygen atoms in total. The van der Waals surface area contributed by atoms with E-state index in [1.165, 1.54) is 0 Å². The average molecular weight is 211 g/mol. The van der Waals surface area contributed by atoms with E-state index in [4.69, 9.17) is 0 Å². The number of rotatable bonds is 3. The predicted molar refractivity (Wildman–Crippen MR) is 62.2 cm³/mol. The summed E-state index contributed by atoms with van der Waals surface area (Å²) in [5.41, 5.74) is -0.278. The molecule has 0 aliphatic carbocycles. The molecule has 1 rings (SSSR count). The largest absolute Gasteiger partial charge is 0.325 e. The van der Waals surface area contributed by atoms with E-state index in [-0.39, 0.29) is 11.6 Å². The van der Waals surface area contributed by atoms with Gasteiger partial charge in [-0.3, -0.25) is 9.89 Å². The Bertz CT molecular complexity index is 284. The molecule has 0 N–H and O–H groups in total. The lowest BCUT2D eigenvalue weighted by Crippen LogP contribution is -2.41. The number of hydrogen-bond acceptors (Lipinski definition) is 2. The first kappa shape index (κ1) is 12.0. The molecule has 2 amide bonds. The van der Waals surface area contributed by atoms with Crippen LogP contribution in [0.15, 0.2) is 4.99 Å². The van der Waals surface area contributed by atoms with Crippen LogP contribution in [0.2, 0.25) is 0 Å². The monoisotopic (exact) mass is 211 g/mol. The number of hydrogen-bond donors (Lipinski definition) is 0. The Labute approximate surface area is 92.0 Å². The number of amidine groups is 1. The summed E-state index contributed by atoms with van der Waals surface area (Å²) in [6.45, 7) is 7.00. The van der Waals surface area contributed by atoms with E-state index in [0.29, 0.717) is 0 Å². The predicted octanol–water partition coefficient (Wildman–Crippen LogP) is 1.96. The summed E-state index contributed by atoms with van der Waals surface area (Å²) in [4.78, 5) is 19.6. The highest BCUT2D eigenvalue weighted by Crippen LogP contribution is 2.25. The van der Waals surface area contributed by atoms with Crippen molar-refractivity contribution in [3.8, 4) is 0 Å². The minimum absolute atomic E-state index is 0.0234. The maximum atomic E-state index is 11.7. The molecule has 0 aromatic heterocycles. The van der Waals surface area contributed by atoms with E-state index in [0.717, 1.165) is 25.2 Å². The van der Waals surface area contributed by atoms with Gasteiger partial charge in [0.25, 0.3) is 0 Å². The van der Waals surface area contributed by atoms with Gasteiger partial charge in [0, 0.05) is 20.6 Å². The molecule has 86 valence electrons. The van der Waals surface area contributed by atoms with Gasteiger partial charge in [-0.05, 0) is 20.3 Å². The molecule has 0 aromatic rings. The van der Waals surface area contributed by atoms with E-state index >= 15 is 0 Å². The van der Waals surface area contributed by atoms with Crippen molar-refractivity contribution in [2.45, 2.75) is 39.2 Å².